The summed E-state index contributed by atoms with van der Waals surface area (Å²) in [5.41, 5.74) is 2.80. The largest absolute Gasteiger partial charge is 0.354 e. The first-order valence-corrected chi connectivity index (χ1v) is 6.97. The number of para-hydroxylation sites is 2. The molecule has 1 aromatic heterocycles. The van der Waals surface area contributed by atoms with Gasteiger partial charge in [0.25, 0.3) is 0 Å². The smallest absolute Gasteiger partial charge is 0.0908 e. The number of hydrogen-bond donors (Lipinski definition) is 1. The van der Waals surface area contributed by atoms with E-state index in [-0.39, 0.29) is 0 Å². The van der Waals surface area contributed by atoms with Crippen LogP contribution in [0.4, 0.5) is 11.4 Å². The Kier molecular flexibility index (Phi) is 3.40. The Hall–Kier alpha value is -1.58. The van der Waals surface area contributed by atoms with Crippen molar-refractivity contribution in [3.63, 3.8) is 0 Å². The fourth-order valence-electron chi connectivity index (χ4n) is 1.96. The van der Waals surface area contributed by atoms with E-state index in [1.54, 1.807) is 6.20 Å². The first-order chi connectivity index (χ1) is 9.25. The minimum absolute atomic E-state index is 0.660. The van der Waals surface area contributed by atoms with E-state index in [0.29, 0.717) is 5.02 Å². The summed E-state index contributed by atoms with van der Waals surface area (Å²) >= 11 is 9.69. The molecule has 0 aliphatic rings. The molecule has 0 saturated carbocycles. The number of anilines is 2. The molecule has 0 saturated heterocycles. The van der Waals surface area contributed by atoms with E-state index >= 15 is 0 Å². The Bertz CT molecular complexity index is 743. The van der Waals surface area contributed by atoms with Gasteiger partial charge in [0.2, 0.25) is 0 Å². The van der Waals surface area contributed by atoms with E-state index in [0.717, 1.165) is 26.8 Å². The molecule has 1 N–H and O–H groups in total. The zero-order valence-corrected chi connectivity index (χ0v) is 12.2. The monoisotopic (exact) mass is 332 g/mol. The summed E-state index contributed by atoms with van der Waals surface area (Å²) in [4.78, 5) is 4.32. The normalized spacial score (nSPS) is 10.6. The molecule has 1 heterocycles. The SMILES string of the molecule is Clc1cccc2c(Nc3ccccc3Br)ccnc12. The fourth-order valence-corrected chi connectivity index (χ4v) is 2.56. The third-order valence-electron chi connectivity index (χ3n) is 2.86. The molecular formula is C15H10BrClN2. The van der Waals surface area contributed by atoms with Crippen molar-refractivity contribution in [1.82, 2.24) is 4.98 Å². The summed E-state index contributed by atoms with van der Waals surface area (Å²) in [6, 6.07) is 15.7. The number of halogens is 2. The van der Waals surface area contributed by atoms with Gasteiger partial charge in [-0.2, -0.15) is 0 Å². The molecular weight excluding hydrogens is 324 g/mol. The number of fused-ring (bicyclic) bond motifs is 1. The molecule has 0 fully saturated rings. The Balaban J connectivity index is 2.12. The van der Waals surface area contributed by atoms with Crippen LogP contribution in [-0.4, -0.2) is 4.98 Å². The van der Waals surface area contributed by atoms with E-state index in [4.69, 9.17) is 11.6 Å². The van der Waals surface area contributed by atoms with Gasteiger partial charge in [-0.3, -0.25) is 4.98 Å². The maximum absolute atomic E-state index is 6.16. The van der Waals surface area contributed by atoms with Gasteiger partial charge in [-0.05, 0) is 40.2 Å². The number of hydrogen-bond acceptors (Lipinski definition) is 2. The third kappa shape index (κ3) is 2.44. The molecule has 0 bridgehead atoms. The maximum Gasteiger partial charge on any atom is 0.0908 e. The van der Waals surface area contributed by atoms with Crippen molar-refractivity contribution in [1.29, 1.82) is 0 Å². The van der Waals surface area contributed by atoms with Gasteiger partial charge < -0.3 is 5.32 Å². The number of benzene rings is 2. The van der Waals surface area contributed by atoms with Crippen LogP contribution in [0.5, 0.6) is 0 Å². The lowest BCUT2D eigenvalue weighted by Gasteiger charge is -2.11. The van der Waals surface area contributed by atoms with E-state index < -0.39 is 0 Å². The molecule has 3 rings (SSSR count). The van der Waals surface area contributed by atoms with Crippen molar-refractivity contribution >= 4 is 49.8 Å². The average Bonchev–Trinajstić information content (AvgIpc) is 2.42. The predicted molar refractivity (Wildman–Crippen MR) is 84.2 cm³/mol. The maximum atomic E-state index is 6.16. The number of aromatic nitrogens is 1. The number of rotatable bonds is 2. The molecule has 0 aliphatic carbocycles. The van der Waals surface area contributed by atoms with Crippen LogP contribution in [0, 0.1) is 0 Å². The van der Waals surface area contributed by atoms with Gasteiger partial charge in [0.1, 0.15) is 0 Å². The lowest BCUT2D eigenvalue weighted by Crippen LogP contribution is -1.93. The van der Waals surface area contributed by atoms with Crippen molar-refractivity contribution in [2.24, 2.45) is 0 Å². The van der Waals surface area contributed by atoms with Crippen LogP contribution < -0.4 is 5.32 Å². The van der Waals surface area contributed by atoms with Crippen LogP contribution >= 0.6 is 27.5 Å². The van der Waals surface area contributed by atoms with Gasteiger partial charge in [0.15, 0.2) is 0 Å². The molecule has 3 aromatic rings. The molecule has 2 nitrogen and oxygen atoms in total. The summed E-state index contributed by atoms with van der Waals surface area (Å²) in [6.45, 7) is 0. The van der Waals surface area contributed by atoms with Crippen LogP contribution in [0.2, 0.25) is 5.02 Å². The minimum atomic E-state index is 0.660. The van der Waals surface area contributed by atoms with Crippen molar-refractivity contribution in [3.05, 3.63) is 64.2 Å². The molecule has 19 heavy (non-hydrogen) atoms. The second-order valence-corrected chi connectivity index (χ2v) is 5.36. The first-order valence-electron chi connectivity index (χ1n) is 5.80. The van der Waals surface area contributed by atoms with Gasteiger partial charge in [-0.25, -0.2) is 0 Å². The molecule has 0 aliphatic heterocycles. The molecule has 0 spiro atoms. The fraction of sp³-hybridized carbons (Fsp3) is 0. The Morgan fingerprint density at radius 1 is 0.947 bits per heavy atom. The second kappa shape index (κ2) is 5.19. The van der Waals surface area contributed by atoms with Crippen LogP contribution in [0.1, 0.15) is 0 Å². The second-order valence-electron chi connectivity index (χ2n) is 4.10. The van der Waals surface area contributed by atoms with Crippen LogP contribution in [0.3, 0.4) is 0 Å². The van der Waals surface area contributed by atoms with Crippen molar-refractivity contribution in [2.45, 2.75) is 0 Å². The number of pyridine rings is 1. The highest BCUT2D eigenvalue weighted by molar-refractivity contribution is 9.10. The third-order valence-corrected chi connectivity index (χ3v) is 3.86. The lowest BCUT2D eigenvalue weighted by atomic mass is 10.2. The van der Waals surface area contributed by atoms with Crippen LogP contribution in [-0.2, 0) is 0 Å². The average molecular weight is 334 g/mol. The highest BCUT2D eigenvalue weighted by Gasteiger charge is 2.06. The Labute approximate surface area is 124 Å². The molecule has 94 valence electrons. The number of nitrogens with one attached hydrogen (secondary N) is 1. The van der Waals surface area contributed by atoms with Gasteiger partial charge in [0, 0.05) is 21.7 Å². The van der Waals surface area contributed by atoms with Gasteiger partial charge in [0.05, 0.1) is 16.2 Å². The van der Waals surface area contributed by atoms with E-state index in [2.05, 4.69) is 26.2 Å². The standard InChI is InChI=1S/C15H10BrClN2/c16-11-5-1-2-7-14(11)19-13-8-9-18-15-10(13)4-3-6-12(15)17/h1-9H,(H,18,19). The van der Waals surface area contributed by atoms with Crippen molar-refractivity contribution < 1.29 is 0 Å². The number of nitrogens with zero attached hydrogens (tertiary/aromatic N) is 1. The van der Waals surface area contributed by atoms with Crippen LogP contribution in [0.25, 0.3) is 10.9 Å². The lowest BCUT2D eigenvalue weighted by molar-refractivity contribution is 1.40. The van der Waals surface area contributed by atoms with Crippen molar-refractivity contribution in [2.75, 3.05) is 5.32 Å². The Morgan fingerprint density at radius 2 is 1.79 bits per heavy atom. The summed E-state index contributed by atoms with van der Waals surface area (Å²) in [7, 11) is 0. The first kappa shape index (κ1) is 12.5. The van der Waals surface area contributed by atoms with Gasteiger partial charge >= 0.3 is 0 Å². The summed E-state index contributed by atoms with van der Waals surface area (Å²) in [5.74, 6) is 0. The van der Waals surface area contributed by atoms with Gasteiger partial charge in [-0.15, -0.1) is 0 Å². The van der Waals surface area contributed by atoms with E-state index in [1.807, 2.05) is 48.5 Å². The minimum Gasteiger partial charge on any atom is -0.354 e. The zero-order chi connectivity index (χ0) is 13.2. The summed E-state index contributed by atoms with van der Waals surface area (Å²) in [6.07, 6.45) is 1.76. The topological polar surface area (TPSA) is 24.9 Å². The molecule has 4 heteroatoms. The highest BCUT2D eigenvalue weighted by atomic mass is 79.9. The molecule has 2 aromatic carbocycles. The highest BCUT2D eigenvalue weighted by Crippen LogP contribution is 2.31. The van der Waals surface area contributed by atoms with Crippen LogP contribution in [0.15, 0.2) is 59.2 Å². The molecule has 0 unspecified atom stereocenters. The Morgan fingerprint density at radius 3 is 2.63 bits per heavy atom. The van der Waals surface area contributed by atoms with Gasteiger partial charge in [-0.1, -0.05) is 35.9 Å². The summed E-state index contributed by atoms with van der Waals surface area (Å²) in [5, 5.41) is 5.06. The van der Waals surface area contributed by atoms with E-state index in [9.17, 15) is 0 Å². The predicted octanol–water partition coefficient (Wildman–Crippen LogP) is 5.39. The molecule has 0 atom stereocenters. The zero-order valence-electron chi connectivity index (χ0n) is 9.90. The van der Waals surface area contributed by atoms with E-state index in [1.165, 1.54) is 0 Å². The molecule has 0 amide bonds. The quantitative estimate of drug-likeness (QED) is 0.679. The van der Waals surface area contributed by atoms with Crippen molar-refractivity contribution in [3.8, 4) is 0 Å². The summed E-state index contributed by atoms with van der Waals surface area (Å²) < 4.78 is 1.02. The molecule has 0 radical (unpaired) electrons.